The molecule has 0 unspecified atom stereocenters. The summed E-state index contributed by atoms with van der Waals surface area (Å²) in [4.78, 5) is 26.9. The number of nitrogens with one attached hydrogen (secondary N) is 2. The minimum Gasteiger partial charge on any atom is -0.308 e. The Kier molecular flexibility index (Phi) is 5.06. The van der Waals surface area contributed by atoms with Gasteiger partial charge in [-0.2, -0.15) is 0 Å². The van der Waals surface area contributed by atoms with Crippen LogP contribution in [0.1, 0.15) is 22.3 Å². The average molecular weight is 371 g/mol. The molecule has 0 aliphatic carbocycles. The lowest BCUT2D eigenvalue weighted by atomic mass is 10.00. The summed E-state index contributed by atoms with van der Waals surface area (Å²) in [7, 11) is 0. The summed E-state index contributed by atoms with van der Waals surface area (Å²) in [6.45, 7) is 0.696. The third kappa shape index (κ3) is 3.88. The maximum absolute atomic E-state index is 12.9. The Bertz CT molecular complexity index is 987. The number of rotatable bonds is 3. The van der Waals surface area contributed by atoms with Gasteiger partial charge in [-0.3, -0.25) is 4.79 Å². The van der Waals surface area contributed by atoms with Gasteiger partial charge in [0.1, 0.15) is 0 Å². The molecule has 1 heterocycles. The summed E-state index contributed by atoms with van der Waals surface area (Å²) in [6.07, 6.45) is 1.77. The largest absolute Gasteiger partial charge is 0.323 e. The van der Waals surface area contributed by atoms with Crippen LogP contribution in [-0.2, 0) is 6.42 Å². The van der Waals surface area contributed by atoms with Crippen molar-refractivity contribution in [3.05, 3.63) is 90.0 Å². The first kappa shape index (κ1) is 17.8. The van der Waals surface area contributed by atoms with E-state index in [1.165, 1.54) is 0 Å². The summed E-state index contributed by atoms with van der Waals surface area (Å²) in [5.74, 6) is 0.00378. The van der Waals surface area contributed by atoms with Gasteiger partial charge in [0, 0.05) is 29.2 Å². The molecular weight excluding hydrogens is 350 g/mol. The molecule has 0 spiro atoms. The Morgan fingerprint density at radius 2 is 1.46 bits per heavy atom. The van der Waals surface area contributed by atoms with E-state index in [0.717, 1.165) is 29.8 Å². The minimum absolute atomic E-state index is 0.00378. The number of hydrogen-bond acceptors (Lipinski definition) is 2. The highest BCUT2D eigenvalue weighted by atomic mass is 16.2. The molecule has 0 aromatic heterocycles. The average Bonchev–Trinajstić information content (AvgIpc) is 2.74. The third-order valence-electron chi connectivity index (χ3n) is 4.75. The number of fused-ring (bicyclic) bond motifs is 1. The lowest BCUT2D eigenvalue weighted by Gasteiger charge is -2.30. The minimum atomic E-state index is -0.292. The highest BCUT2D eigenvalue weighted by molar-refractivity contribution is 6.07. The number of hydrogen-bond donors (Lipinski definition) is 2. The SMILES string of the molecule is O=C(Nc1ccccc1)Nc1ccc2c(c1)CCCN2C(=O)c1ccccc1. The molecule has 0 saturated carbocycles. The summed E-state index contributed by atoms with van der Waals surface area (Å²) >= 11 is 0. The van der Waals surface area contributed by atoms with E-state index < -0.39 is 0 Å². The van der Waals surface area contributed by atoms with Gasteiger partial charge in [0.15, 0.2) is 0 Å². The number of nitrogens with zero attached hydrogens (tertiary/aromatic N) is 1. The van der Waals surface area contributed by atoms with Crippen molar-refractivity contribution in [2.45, 2.75) is 12.8 Å². The van der Waals surface area contributed by atoms with E-state index in [4.69, 9.17) is 0 Å². The molecule has 5 nitrogen and oxygen atoms in total. The zero-order valence-corrected chi connectivity index (χ0v) is 15.4. The van der Waals surface area contributed by atoms with Crippen LogP contribution in [0.2, 0.25) is 0 Å². The lowest BCUT2D eigenvalue weighted by molar-refractivity contribution is 0.0985. The van der Waals surface area contributed by atoms with Crippen molar-refractivity contribution in [1.29, 1.82) is 0 Å². The van der Waals surface area contributed by atoms with E-state index in [9.17, 15) is 9.59 Å². The fraction of sp³-hybridized carbons (Fsp3) is 0.130. The second-order valence-electron chi connectivity index (χ2n) is 6.72. The van der Waals surface area contributed by atoms with Crippen molar-refractivity contribution in [3.63, 3.8) is 0 Å². The molecule has 4 rings (SSSR count). The van der Waals surface area contributed by atoms with Crippen molar-refractivity contribution in [1.82, 2.24) is 0 Å². The Hall–Kier alpha value is -3.60. The number of aryl methyl sites for hydroxylation is 1. The molecule has 140 valence electrons. The quantitative estimate of drug-likeness (QED) is 0.686. The number of carbonyl (C=O) groups excluding carboxylic acids is 2. The first-order valence-electron chi connectivity index (χ1n) is 9.33. The molecular formula is C23H21N3O2. The summed E-state index contributed by atoms with van der Waals surface area (Å²) < 4.78 is 0. The second-order valence-corrected chi connectivity index (χ2v) is 6.72. The molecule has 3 aromatic carbocycles. The molecule has 0 fully saturated rings. The first-order valence-corrected chi connectivity index (χ1v) is 9.33. The molecule has 28 heavy (non-hydrogen) atoms. The first-order chi connectivity index (χ1) is 13.7. The van der Waals surface area contributed by atoms with Gasteiger partial charge in [0.2, 0.25) is 0 Å². The number of urea groups is 1. The van der Waals surface area contributed by atoms with E-state index in [2.05, 4.69) is 10.6 Å². The smallest absolute Gasteiger partial charge is 0.308 e. The number of amides is 3. The van der Waals surface area contributed by atoms with Crippen LogP contribution >= 0.6 is 0 Å². The molecule has 0 radical (unpaired) electrons. The van der Waals surface area contributed by atoms with Crippen molar-refractivity contribution < 1.29 is 9.59 Å². The molecule has 5 heteroatoms. The number of para-hydroxylation sites is 1. The molecule has 1 aliphatic rings. The topological polar surface area (TPSA) is 61.4 Å². The van der Waals surface area contributed by atoms with E-state index in [-0.39, 0.29) is 11.9 Å². The highest BCUT2D eigenvalue weighted by Gasteiger charge is 2.23. The fourth-order valence-electron chi connectivity index (χ4n) is 3.44. The molecule has 0 saturated heterocycles. The predicted octanol–water partition coefficient (Wildman–Crippen LogP) is 4.92. The van der Waals surface area contributed by atoms with Gasteiger partial charge in [-0.25, -0.2) is 4.79 Å². The highest BCUT2D eigenvalue weighted by Crippen LogP contribution is 2.31. The van der Waals surface area contributed by atoms with E-state index in [1.54, 1.807) is 0 Å². The number of carbonyl (C=O) groups is 2. The van der Waals surface area contributed by atoms with Gasteiger partial charge in [0.25, 0.3) is 5.91 Å². The van der Waals surface area contributed by atoms with Crippen LogP contribution in [0.3, 0.4) is 0 Å². The maximum Gasteiger partial charge on any atom is 0.323 e. The Balaban J connectivity index is 1.50. The Morgan fingerprint density at radius 3 is 2.21 bits per heavy atom. The maximum atomic E-state index is 12.9. The molecule has 3 amide bonds. The molecule has 0 atom stereocenters. The van der Waals surface area contributed by atoms with Gasteiger partial charge in [-0.1, -0.05) is 36.4 Å². The van der Waals surface area contributed by atoms with Crippen LogP contribution in [0, 0.1) is 0 Å². The van der Waals surface area contributed by atoms with Crippen LogP contribution in [-0.4, -0.2) is 18.5 Å². The predicted molar refractivity (Wildman–Crippen MR) is 112 cm³/mol. The Morgan fingerprint density at radius 1 is 0.786 bits per heavy atom. The normalized spacial score (nSPS) is 12.8. The zero-order chi connectivity index (χ0) is 19.3. The van der Waals surface area contributed by atoms with E-state index in [0.29, 0.717) is 17.8 Å². The van der Waals surface area contributed by atoms with Crippen LogP contribution in [0.4, 0.5) is 21.9 Å². The third-order valence-corrected chi connectivity index (χ3v) is 4.75. The van der Waals surface area contributed by atoms with Crippen molar-refractivity contribution in [2.75, 3.05) is 22.1 Å². The van der Waals surface area contributed by atoms with Crippen LogP contribution in [0.15, 0.2) is 78.9 Å². The molecule has 2 N–H and O–H groups in total. The summed E-state index contributed by atoms with van der Waals surface area (Å²) in [5, 5.41) is 5.67. The zero-order valence-electron chi connectivity index (χ0n) is 15.4. The number of benzene rings is 3. The number of anilines is 3. The van der Waals surface area contributed by atoms with Crippen molar-refractivity contribution in [2.24, 2.45) is 0 Å². The van der Waals surface area contributed by atoms with Gasteiger partial charge in [-0.05, 0) is 60.9 Å². The Labute approximate surface area is 164 Å². The fourth-order valence-corrected chi connectivity index (χ4v) is 3.44. The van der Waals surface area contributed by atoms with Crippen LogP contribution in [0.5, 0.6) is 0 Å². The van der Waals surface area contributed by atoms with Crippen LogP contribution in [0.25, 0.3) is 0 Å². The monoisotopic (exact) mass is 371 g/mol. The molecule has 1 aliphatic heterocycles. The standard InChI is InChI=1S/C23H21N3O2/c27-22(17-8-3-1-4-9-17)26-15-7-10-18-16-20(13-14-21(18)26)25-23(28)24-19-11-5-2-6-12-19/h1-6,8-9,11-14,16H,7,10,15H2,(H2,24,25,28). The van der Waals surface area contributed by atoms with Crippen molar-refractivity contribution in [3.8, 4) is 0 Å². The van der Waals surface area contributed by atoms with Gasteiger partial charge < -0.3 is 15.5 Å². The summed E-state index contributed by atoms with van der Waals surface area (Å²) in [5.41, 5.74) is 4.10. The van der Waals surface area contributed by atoms with Crippen LogP contribution < -0.4 is 15.5 Å². The summed E-state index contributed by atoms with van der Waals surface area (Å²) in [6, 6.07) is 24.0. The van der Waals surface area contributed by atoms with E-state index >= 15 is 0 Å². The van der Waals surface area contributed by atoms with Gasteiger partial charge in [-0.15, -0.1) is 0 Å². The molecule has 0 bridgehead atoms. The van der Waals surface area contributed by atoms with Gasteiger partial charge >= 0.3 is 6.03 Å². The second kappa shape index (κ2) is 7.96. The van der Waals surface area contributed by atoms with Crippen molar-refractivity contribution >= 4 is 29.0 Å². The van der Waals surface area contributed by atoms with Gasteiger partial charge in [0.05, 0.1) is 0 Å². The van der Waals surface area contributed by atoms with E-state index in [1.807, 2.05) is 83.8 Å². The molecule has 3 aromatic rings. The lowest BCUT2D eigenvalue weighted by Crippen LogP contribution is -2.35.